The number of carbonyl (C=O) groups excluding carboxylic acids is 1. The molecule has 6 heteroatoms. The zero-order chi connectivity index (χ0) is 14.0. The summed E-state index contributed by atoms with van der Waals surface area (Å²) in [4.78, 5) is 16.0. The number of aryl methyl sites for hydroxylation is 1. The number of rotatable bonds is 2. The van der Waals surface area contributed by atoms with Gasteiger partial charge in [-0.15, -0.1) is 0 Å². The van der Waals surface area contributed by atoms with Gasteiger partial charge in [-0.05, 0) is 46.6 Å². The van der Waals surface area contributed by atoms with Gasteiger partial charge in [0.25, 0.3) is 5.91 Å². The molecule has 0 aliphatic rings. The number of nitrogens with one attached hydrogen (secondary N) is 1. The van der Waals surface area contributed by atoms with Crippen LogP contribution in [0.15, 0.2) is 34.9 Å². The molecule has 1 aromatic heterocycles. The van der Waals surface area contributed by atoms with Gasteiger partial charge >= 0.3 is 0 Å². The predicted molar refractivity (Wildman–Crippen MR) is 75.4 cm³/mol. The van der Waals surface area contributed by atoms with E-state index in [9.17, 15) is 9.18 Å². The second kappa shape index (κ2) is 5.36. The number of nitrogen functional groups attached to an aromatic ring is 1. The first-order valence-electron chi connectivity index (χ1n) is 5.46. The molecule has 0 saturated carbocycles. The topological polar surface area (TPSA) is 68.0 Å². The van der Waals surface area contributed by atoms with Crippen molar-refractivity contribution in [1.82, 2.24) is 4.98 Å². The van der Waals surface area contributed by atoms with E-state index < -0.39 is 11.7 Å². The quantitative estimate of drug-likeness (QED) is 0.892. The maximum absolute atomic E-state index is 13.1. The van der Waals surface area contributed by atoms with E-state index in [0.717, 1.165) is 5.56 Å². The fraction of sp³-hybridized carbons (Fsp3) is 0.0769. The average molecular weight is 324 g/mol. The van der Waals surface area contributed by atoms with Gasteiger partial charge in [-0.2, -0.15) is 0 Å². The number of anilines is 2. The second-order valence-corrected chi connectivity index (χ2v) is 4.92. The molecule has 2 rings (SSSR count). The molecule has 1 amide bonds. The van der Waals surface area contributed by atoms with Crippen LogP contribution < -0.4 is 11.1 Å². The lowest BCUT2D eigenvalue weighted by Gasteiger charge is -2.09. The fourth-order valence-electron chi connectivity index (χ4n) is 1.55. The number of halogens is 2. The van der Waals surface area contributed by atoms with Crippen LogP contribution in [-0.4, -0.2) is 10.9 Å². The van der Waals surface area contributed by atoms with Crippen LogP contribution in [0.2, 0.25) is 0 Å². The first-order chi connectivity index (χ1) is 8.97. The molecule has 0 radical (unpaired) electrons. The zero-order valence-electron chi connectivity index (χ0n) is 10.1. The Morgan fingerprint density at radius 3 is 2.89 bits per heavy atom. The molecule has 98 valence electrons. The van der Waals surface area contributed by atoms with E-state index in [1.165, 1.54) is 18.3 Å². The minimum Gasteiger partial charge on any atom is -0.383 e. The van der Waals surface area contributed by atoms with Crippen LogP contribution in [0.5, 0.6) is 0 Å². The van der Waals surface area contributed by atoms with Crippen LogP contribution >= 0.6 is 15.9 Å². The fourth-order valence-corrected chi connectivity index (χ4v) is 1.88. The molecule has 4 nitrogen and oxygen atoms in total. The van der Waals surface area contributed by atoms with Crippen molar-refractivity contribution in [3.05, 3.63) is 51.9 Å². The van der Waals surface area contributed by atoms with Crippen LogP contribution in [0, 0.1) is 12.7 Å². The van der Waals surface area contributed by atoms with E-state index in [-0.39, 0.29) is 11.4 Å². The summed E-state index contributed by atoms with van der Waals surface area (Å²) < 4.78 is 13.8. The van der Waals surface area contributed by atoms with Crippen LogP contribution in [-0.2, 0) is 0 Å². The van der Waals surface area contributed by atoms with Crippen molar-refractivity contribution >= 4 is 33.3 Å². The smallest absolute Gasteiger partial charge is 0.259 e. The Labute approximate surface area is 118 Å². The molecule has 0 aliphatic heterocycles. The molecule has 0 unspecified atom stereocenters. The number of benzene rings is 1. The van der Waals surface area contributed by atoms with Gasteiger partial charge in [0.15, 0.2) is 0 Å². The highest BCUT2D eigenvalue weighted by Crippen LogP contribution is 2.20. The Kier molecular flexibility index (Phi) is 3.80. The van der Waals surface area contributed by atoms with Gasteiger partial charge in [-0.3, -0.25) is 4.79 Å². The maximum Gasteiger partial charge on any atom is 0.259 e. The summed E-state index contributed by atoms with van der Waals surface area (Å²) in [6.07, 6.45) is 1.50. The van der Waals surface area contributed by atoms with Crippen molar-refractivity contribution in [2.75, 3.05) is 11.1 Å². The molecule has 0 aliphatic carbocycles. The molecule has 1 aromatic carbocycles. The van der Waals surface area contributed by atoms with E-state index in [1.807, 2.05) is 0 Å². The number of nitrogens with two attached hydrogens (primary N) is 1. The van der Waals surface area contributed by atoms with Crippen molar-refractivity contribution in [1.29, 1.82) is 0 Å². The summed E-state index contributed by atoms with van der Waals surface area (Å²) in [6.45, 7) is 1.78. The Bertz CT molecular complexity index is 646. The summed E-state index contributed by atoms with van der Waals surface area (Å²) in [6, 6.07) is 5.74. The molecule has 0 fully saturated rings. The first kappa shape index (κ1) is 13.5. The zero-order valence-corrected chi connectivity index (χ0v) is 11.7. The monoisotopic (exact) mass is 323 g/mol. The van der Waals surface area contributed by atoms with Crippen molar-refractivity contribution < 1.29 is 9.18 Å². The molecule has 0 saturated heterocycles. The lowest BCUT2D eigenvalue weighted by Crippen LogP contribution is -2.15. The van der Waals surface area contributed by atoms with Crippen molar-refractivity contribution in [3.63, 3.8) is 0 Å². The van der Waals surface area contributed by atoms with Gasteiger partial charge in [-0.25, -0.2) is 9.37 Å². The number of aromatic nitrogens is 1. The number of carbonyl (C=O) groups is 1. The van der Waals surface area contributed by atoms with Gasteiger partial charge in [0.1, 0.15) is 11.6 Å². The molecule has 1 heterocycles. The van der Waals surface area contributed by atoms with E-state index >= 15 is 0 Å². The molecular weight excluding hydrogens is 313 g/mol. The van der Waals surface area contributed by atoms with E-state index in [4.69, 9.17) is 5.73 Å². The minimum absolute atomic E-state index is 0.120. The van der Waals surface area contributed by atoms with Crippen LogP contribution in [0.3, 0.4) is 0 Å². The molecular formula is C13H11BrFN3O. The Morgan fingerprint density at radius 1 is 1.42 bits per heavy atom. The standard InChI is InChI=1S/C13H11BrFN3O/c1-7-2-3-9(15)5-11(7)18-13(19)10-4-8(14)6-17-12(10)16/h2-6H,1H3,(H2,16,17)(H,18,19). The number of hydrogen-bond donors (Lipinski definition) is 2. The molecule has 2 aromatic rings. The summed E-state index contributed by atoms with van der Waals surface area (Å²) in [5.41, 5.74) is 7.05. The summed E-state index contributed by atoms with van der Waals surface area (Å²) in [5.74, 6) is -0.726. The predicted octanol–water partition coefficient (Wildman–Crippen LogP) is 3.13. The van der Waals surface area contributed by atoms with Crippen molar-refractivity contribution in [2.45, 2.75) is 6.92 Å². The molecule has 0 atom stereocenters. The average Bonchev–Trinajstić information content (AvgIpc) is 2.36. The summed E-state index contributed by atoms with van der Waals surface area (Å²) >= 11 is 3.22. The Balaban J connectivity index is 2.30. The lowest BCUT2D eigenvalue weighted by molar-refractivity contribution is 0.102. The Morgan fingerprint density at radius 2 is 2.16 bits per heavy atom. The third-order valence-corrected chi connectivity index (χ3v) is 3.01. The third kappa shape index (κ3) is 3.08. The highest BCUT2D eigenvalue weighted by molar-refractivity contribution is 9.10. The minimum atomic E-state index is -0.431. The van der Waals surface area contributed by atoms with E-state index in [2.05, 4.69) is 26.2 Å². The molecule has 0 spiro atoms. The number of pyridine rings is 1. The molecule has 3 N–H and O–H groups in total. The highest BCUT2D eigenvalue weighted by Gasteiger charge is 2.13. The highest BCUT2D eigenvalue weighted by atomic mass is 79.9. The van der Waals surface area contributed by atoms with Crippen molar-refractivity contribution in [2.24, 2.45) is 0 Å². The van der Waals surface area contributed by atoms with Gasteiger partial charge in [0.05, 0.1) is 5.56 Å². The largest absolute Gasteiger partial charge is 0.383 e. The first-order valence-corrected chi connectivity index (χ1v) is 6.25. The van der Waals surface area contributed by atoms with Crippen LogP contribution in [0.25, 0.3) is 0 Å². The molecule has 0 bridgehead atoms. The third-order valence-electron chi connectivity index (χ3n) is 2.58. The SMILES string of the molecule is Cc1ccc(F)cc1NC(=O)c1cc(Br)cnc1N. The van der Waals surface area contributed by atoms with Crippen LogP contribution in [0.1, 0.15) is 15.9 Å². The van der Waals surface area contributed by atoms with Gasteiger partial charge in [-0.1, -0.05) is 6.07 Å². The van der Waals surface area contributed by atoms with E-state index in [1.54, 1.807) is 19.1 Å². The van der Waals surface area contributed by atoms with E-state index in [0.29, 0.717) is 10.2 Å². The molecule has 19 heavy (non-hydrogen) atoms. The van der Waals surface area contributed by atoms with Crippen molar-refractivity contribution in [3.8, 4) is 0 Å². The lowest BCUT2D eigenvalue weighted by atomic mass is 10.1. The summed E-state index contributed by atoms with van der Waals surface area (Å²) in [5, 5.41) is 2.62. The van der Waals surface area contributed by atoms with Gasteiger partial charge in [0.2, 0.25) is 0 Å². The number of hydrogen-bond acceptors (Lipinski definition) is 3. The maximum atomic E-state index is 13.1. The van der Waals surface area contributed by atoms with Gasteiger partial charge in [0, 0.05) is 16.4 Å². The van der Waals surface area contributed by atoms with Gasteiger partial charge < -0.3 is 11.1 Å². The Hall–Kier alpha value is -1.95. The summed E-state index contributed by atoms with van der Waals surface area (Å²) in [7, 11) is 0. The number of amides is 1. The normalized spacial score (nSPS) is 10.3. The van der Waals surface area contributed by atoms with Crippen LogP contribution in [0.4, 0.5) is 15.9 Å². The second-order valence-electron chi connectivity index (χ2n) is 4.00. The number of nitrogens with zero attached hydrogens (tertiary/aromatic N) is 1.